The van der Waals surface area contributed by atoms with Gasteiger partial charge >= 0.3 is 0 Å². The molecule has 3 aromatic carbocycles. The molecule has 0 aliphatic carbocycles. The van der Waals surface area contributed by atoms with Crippen molar-refractivity contribution in [3.63, 3.8) is 0 Å². The van der Waals surface area contributed by atoms with Crippen molar-refractivity contribution in [2.45, 2.75) is 50.6 Å². The maximum atomic E-state index is 13.6. The maximum Gasteiger partial charge on any atom is 0.243 e. The fourth-order valence-corrected chi connectivity index (χ4v) is 4.62. The summed E-state index contributed by atoms with van der Waals surface area (Å²) in [4.78, 5) is 29.8. The summed E-state index contributed by atoms with van der Waals surface area (Å²) >= 11 is 1.50. The number of carbonyl (C=O) groups is 2. The molecule has 3 rings (SSSR count). The van der Waals surface area contributed by atoms with Gasteiger partial charge in [0.1, 0.15) is 6.04 Å². The number of hydrogen-bond acceptors (Lipinski definition) is 3. The average molecular weight is 475 g/mol. The summed E-state index contributed by atoms with van der Waals surface area (Å²) in [5.74, 6) is 0.147. The van der Waals surface area contributed by atoms with Gasteiger partial charge in [-0.15, -0.1) is 11.8 Å². The topological polar surface area (TPSA) is 49.4 Å². The van der Waals surface area contributed by atoms with Crippen LogP contribution in [0.2, 0.25) is 0 Å². The van der Waals surface area contributed by atoms with Crippen LogP contribution in [0.5, 0.6) is 0 Å². The van der Waals surface area contributed by atoms with Crippen LogP contribution in [0.3, 0.4) is 0 Å². The van der Waals surface area contributed by atoms with Gasteiger partial charge in [-0.05, 0) is 36.6 Å². The highest BCUT2D eigenvalue weighted by atomic mass is 32.2. The lowest BCUT2D eigenvalue weighted by molar-refractivity contribution is -0.139. The number of carbonyl (C=O) groups excluding carboxylic acids is 2. The van der Waals surface area contributed by atoms with Crippen molar-refractivity contribution in [2.75, 3.05) is 12.3 Å². The molecule has 178 valence electrons. The number of thioether (sulfide) groups is 1. The van der Waals surface area contributed by atoms with E-state index in [0.717, 1.165) is 34.4 Å². The molecule has 1 unspecified atom stereocenters. The second kappa shape index (κ2) is 13.6. The van der Waals surface area contributed by atoms with Gasteiger partial charge in [0.2, 0.25) is 11.8 Å². The minimum absolute atomic E-state index is 0.0399. The van der Waals surface area contributed by atoms with Gasteiger partial charge in [0.15, 0.2) is 0 Å². The third-order valence-corrected chi connectivity index (χ3v) is 6.64. The summed E-state index contributed by atoms with van der Waals surface area (Å²) in [5, 5.41) is 3.07. The Morgan fingerprint density at radius 2 is 1.59 bits per heavy atom. The predicted molar refractivity (Wildman–Crippen MR) is 141 cm³/mol. The van der Waals surface area contributed by atoms with Crippen LogP contribution < -0.4 is 5.32 Å². The van der Waals surface area contributed by atoms with Crippen LogP contribution in [0.15, 0.2) is 89.8 Å². The highest BCUT2D eigenvalue weighted by Gasteiger charge is 2.30. The molecular weight excluding hydrogens is 440 g/mol. The summed E-state index contributed by atoms with van der Waals surface area (Å²) in [6.07, 6.45) is 2.40. The molecule has 0 fully saturated rings. The minimum Gasteiger partial charge on any atom is -0.354 e. The molecule has 0 aromatic heterocycles. The first-order valence-corrected chi connectivity index (χ1v) is 12.9. The lowest BCUT2D eigenvalue weighted by atomic mass is 10.0. The number of rotatable bonds is 12. The average Bonchev–Trinajstić information content (AvgIpc) is 2.86. The molecule has 4 nitrogen and oxygen atoms in total. The van der Waals surface area contributed by atoms with Gasteiger partial charge in [-0.3, -0.25) is 9.59 Å². The summed E-state index contributed by atoms with van der Waals surface area (Å²) < 4.78 is 0. The molecule has 0 aliphatic heterocycles. The Morgan fingerprint density at radius 3 is 2.26 bits per heavy atom. The lowest BCUT2D eigenvalue weighted by Gasteiger charge is -2.31. The molecule has 34 heavy (non-hydrogen) atoms. The van der Waals surface area contributed by atoms with E-state index in [1.165, 1.54) is 11.8 Å². The number of amides is 2. The second-order valence-electron chi connectivity index (χ2n) is 8.46. The SMILES string of the molecule is CCCCNC(=O)C(Cc1ccccc1)N(Cc1cccc(C)c1)C(=O)CSc1ccccc1. The molecule has 0 heterocycles. The van der Waals surface area contributed by atoms with Crippen LogP contribution in [0.25, 0.3) is 0 Å². The van der Waals surface area contributed by atoms with Crippen molar-refractivity contribution in [2.24, 2.45) is 0 Å². The molecule has 0 radical (unpaired) electrons. The van der Waals surface area contributed by atoms with Crippen LogP contribution in [0.4, 0.5) is 0 Å². The fraction of sp³-hybridized carbons (Fsp3) is 0.310. The van der Waals surface area contributed by atoms with Gasteiger partial charge < -0.3 is 10.2 Å². The molecule has 3 aromatic rings. The van der Waals surface area contributed by atoms with Crippen LogP contribution in [0.1, 0.15) is 36.5 Å². The van der Waals surface area contributed by atoms with Gasteiger partial charge in [0.05, 0.1) is 5.75 Å². The number of aryl methyl sites for hydroxylation is 1. The Balaban J connectivity index is 1.87. The van der Waals surface area contributed by atoms with Crippen LogP contribution in [-0.4, -0.2) is 35.1 Å². The molecular formula is C29H34N2O2S. The van der Waals surface area contributed by atoms with E-state index in [2.05, 4.69) is 18.3 Å². The first-order chi connectivity index (χ1) is 16.6. The molecule has 2 amide bonds. The quantitative estimate of drug-likeness (QED) is 0.273. The summed E-state index contributed by atoms with van der Waals surface area (Å²) in [6, 6.07) is 27.4. The summed E-state index contributed by atoms with van der Waals surface area (Å²) in [6.45, 7) is 5.15. The van der Waals surface area contributed by atoms with E-state index in [4.69, 9.17) is 0 Å². The molecule has 5 heteroatoms. The highest BCUT2D eigenvalue weighted by Crippen LogP contribution is 2.21. The van der Waals surface area contributed by atoms with Gasteiger partial charge in [-0.1, -0.05) is 91.7 Å². The van der Waals surface area contributed by atoms with Crippen LogP contribution >= 0.6 is 11.8 Å². The van der Waals surface area contributed by atoms with Gasteiger partial charge in [-0.25, -0.2) is 0 Å². The Morgan fingerprint density at radius 1 is 0.912 bits per heavy atom. The first-order valence-electron chi connectivity index (χ1n) is 11.9. The van der Waals surface area contributed by atoms with Gasteiger partial charge in [0, 0.05) is 24.4 Å². The second-order valence-corrected chi connectivity index (χ2v) is 9.51. The number of nitrogens with one attached hydrogen (secondary N) is 1. The zero-order valence-corrected chi connectivity index (χ0v) is 20.9. The summed E-state index contributed by atoms with van der Waals surface area (Å²) in [7, 11) is 0. The molecule has 0 spiro atoms. The number of nitrogens with zero attached hydrogens (tertiary/aromatic N) is 1. The zero-order valence-electron chi connectivity index (χ0n) is 20.1. The van der Waals surface area contributed by atoms with E-state index in [1.807, 2.05) is 85.8 Å². The maximum absolute atomic E-state index is 13.6. The minimum atomic E-state index is -0.580. The lowest BCUT2D eigenvalue weighted by Crippen LogP contribution is -2.51. The largest absolute Gasteiger partial charge is 0.354 e. The van der Waals surface area contributed by atoms with Crippen molar-refractivity contribution in [3.8, 4) is 0 Å². The van der Waals surface area contributed by atoms with Crippen LogP contribution in [-0.2, 0) is 22.6 Å². The van der Waals surface area contributed by atoms with Crippen LogP contribution in [0, 0.1) is 6.92 Å². The molecule has 0 saturated heterocycles. The van der Waals surface area contributed by atoms with Gasteiger partial charge in [-0.2, -0.15) is 0 Å². The molecule has 0 aliphatic rings. The van der Waals surface area contributed by atoms with Crippen molar-refractivity contribution in [3.05, 3.63) is 102 Å². The predicted octanol–water partition coefficient (Wildman–Crippen LogP) is 5.64. The number of hydrogen-bond donors (Lipinski definition) is 1. The third kappa shape index (κ3) is 8.07. The van der Waals surface area contributed by atoms with Crippen molar-refractivity contribution >= 4 is 23.6 Å². The molecule has 0 bridgehead atoms. The number of benzene rings is 3. The Kier molecular flexibility index (Phi) is 10.2. The van der Waals surface area contributed by atoms with E-state index < -0.39 is 6.04 Å². The van der Waals surface area contributed by atoms with E-state index >= 15 is 0 Å². The number of unbranched alkanes of at least 4 members (excludes halogenated alkanes) is 1. The Bertz CT molecular complexity index is 1040. The molecule has 0 saturated carbocycles. The zero-order chi connectivity index (χ0) is 24.2. The highest BCUT2D eigenvalue weighted by molar-refractivity contribution is 8.00. The Labute approximate surface area is 207 Å². The van der Waals surface area contributed by atoms with E-state index in [1.54, 1.807) is 4.90 Å². The van der Waals surface area contributed by atoms with Crippen molar-refractivity contribution in [1.29, 1.82) is 0 Å². The monoisotopic (exact) mass is 474 g/mol. The van der Waals surface area contributed by atoms with Crippen molar-refractivity contribution < 1.29 is 9.59 Å². The van der Waals surface area contributed by atoms with E-state index in [9.17, 15) is 9.59 Å². The smallest absolute Gasteiger partial charge is 0.243 e. The summed E-state index contributed by atoms with van der Waals surface area (Å²) in [5.41, 5.74) is 3.20. The van der Waals surface area contributed by atoms with E-state index in [-0.39, 0.29) is 17.6 Å². The molecule has 1 atom stereocenters. The van der Waals surface area contributed by atoms with Gasteiger partial charge in [0.25, 0.3) is 0 Å². The third-order valence-electron chi connectivity index (χ3n) is 5.64. The fourth-order valence-electron chi connectivity index (χ4n) is 3.81. The van der Waals surface area contributed by atoms with Crippen molar-refractivity contribution in [1.82, 2.24) is 10.2 Å². The Hall–Kier alpha value is -3.05. The molecule has 1 N–H and O–H groups in total. The normalized spacial score (nSPS) is 11.6. The van der Waals surface area contributed by atoms with E-state index in [0.29, 0.717) is 19.5 Å². The standard InChI is InChI=1S/C29H34N2O2S/c1-3-4-18-30-29(33)27(20-24-13-7-5-8-14-24)31(21-25-15-11-12-23(2)19-25)28(32)22-34-26-16-9-6-10-17-26/h5-17,19,27H,3-4,18,20-22H2,1-2H3,(H,30,33). The first kappa shape index (κ1) is 25.6.